The number of carboxylic acid groups (broad SMARTS) is 2. The van der Waals surface area contributed by atoms with E-state index in [1.165, 1.54) is 89.1 Å². The van der Waals surface area contributed by atoms with E-state index in [1.807, 2.05) is 0 Å². The van der Waals surface area contributed by atoms with Crippen LogP contribution in [0.25, 0.3) is 0 Å². The number of carbonyl (C=O) groups is 6. The molecule has 4 aromatic carbocycles. The molecule has 322 valence electrons. The molecule has 0 saturated carbocycles. The number of methoxy groups -OCH3 is 4. The monoisotopic (exact) mass is 854 g/mol. The van der Waals surface area contributed by atoms with Crippen molar-refractivity contribution in [3.63, 3.8) is 0 Å². The van der Waals surface area contributed by atoms with Crippen LogP contribution in [0.15, 0.2) is 86.0 Å². The molecule has 0 amide bonds. The van der Waals surface area contributed by atoms with E-state index in [1.54, 1.807) is 0 Å². The number of benzene rings is 4. The van der Waals surface area contributed by atoms with Crippen molar-refractivity contribution >= 4 is 35.8 Å². The smallest absolute Gasteiger partial charge is 0.343 e. The number of hydrogen-bond acceptors (Lipinski definition) is 16. The van der Waals surface area contributed by atoms with E-state index < -0.39 is 59.9 Å². The molecule has 62 heavy (non-hydrogen) atoms. The van der Waals surface area contributed by atoms with E-state index in [4.69, 9.17) is 47.4 Å². The average Bonchev–Trinajstić information content (AvgIpc) is 3.88. The molecular formula is C44H38O18. The van der Waals surface area contributed by atoms with Gasteiger partial charge in [-0.25, -0.2) is 28.8 Å². The largest absolute Gasteiger partial charge is 0.493 e. The molecule has 4 unspecified atom stereocenters. The van der Waals surface area contributed by atoms with Gasteiger partial charge in [0.2, 0.25) is 0 Å². The van der Waals surface area contributed by atoms with Crippen LogP contribution >= 0.6 is 0 Å². The van der Waals surface area contributed by atoms with E-state index in [0.29, 0.717) is 0 Å². The first kappa shape index (κ1) is 43.9. The summed E-state index contributed by atoms with van der Waals surface area (Å²) >= 11 is 0. The zero-order valence-corrected chi connectivity index (χ0v) is 33.5. The quantitative estimate of drug-likeness (QED) is 0.0815. The van der Waals surface area contributed by atoms with Crippen LogP contribution in [0.1, 0.15) is 64.4 Å². The van der Waals surface area contributed by atoms with Crippen LogP contribution in [-0.2, 0) is 19.1 Å². The van der Waals surface area contributed by atoms with Gasteiger partial charge in [0.15, 0.2) is 46.0 Å². The minimum Gasteiger partial charge on any atom is -0.493 e. The number of ether oxygens (including phenoxy) is 10. The first-order valence-corrected chi connectivity index (χ1v) is 18.4. The third-order valence-electron chi connectivity index (χ3n) is 9.94. The van der Waals surface area contributed by atoms with Crippen molar-refractivity contribution in [1.82, 2.24) is 0 Å². The fourth-order valence-electron chi connectivity index (χ4n) is 7.22. The maximum atomic E-state index is 13.4. The standard InChI is InChI=1S/C44H38O18/c1-7-33(45)59-27-13-9-21(17-31(27)53-3)43(51)61-29-15-11-23(41(47)48)35(39(29)55-5)25-19-57-38-26(20-58-37(25)38)36-24(42(49)50)12-16-30(40(36)56-6)62-44(52)22-10-14-28(32(18-22)54-4)60-34(46)8-2/h7-18,25-26,37-38H,1-2,19-20H2,3-6H3,(H,47,48)(H,49,50). The number of carboxylic acids is 2. The first-order valence-electron chi connectivity index (χ1n) is 18.4. The zero-order valence-electron chi connectivity index (χ0n) is 33.5. The van der Waals surface area contributed by atoms with Crippen molar-refractivity contribution < 1.29 is 86.3 Å². The Bertz CT molecular complexity index is 2320. The van der Waals surface area contributed by atoms with Crippen molar-refractivity contribution in [1.29, 1.82) is 0 Å². The Morgan fingerprint density at radius 1 is 0.532 bits per heavy atom. The topological polar surface area (TPSA) is 235 Å². The highest BCUT2D eigenvalue weighted by Crippen LogP contribution is 2.52. The molecule has 6 rings (SSSR count). The highest BCUT2D eigenvalue weighted by Gasteiger charge is 2.52. The summed E-state index contributed by atoms with van der Waals surface area (Å²) in [6.45, 7) is 6.43. The van der Waals surface area contributed by atoms with Crippen LogP contribution in [0.5, 0.6) is 46.0 Å². The number of hydrogen-bond donors (Lipinski definition) is 2. The molecule has 0 spiro atoms. The van der Waals surface area contributed by atoms with Crippen molar-refractivity contribution in [2.45, 2.75) is 24.0 Å². The molecule has 2 heterocycles. The molecule has 0 radical (unpaired) electrons. The van der Waals surface area contributed by atoms with Gasteiger partial charge < -0.3 is 57.6 Å². The Hall–Kier alpha value is -7.70. The van der Waals surface area contributed by atoms with Crippen LogP contribution in [0, 0.1) is 0 Å². The van der Waals surface area contributed by atoms with Gasteiger partial charge in [-0.15, -0.1) is 0 Å². The molecule has 4 atom stereocenters. The first-order chi connectivity index (χ1) is 29.8. The van der Waals surface area contributed by atoms with Crippen LogP contribution < -0.4 is 37.9 Å². The second-order valence-corrected chi connectivity index (χ2v) is 13.3. The minimum absolute atomic E-state index is 0.0161. The fraction of sp³-hybridized carbons (Fsp3) is 0.227. The Labute approximate surface area is 352 Å². The Balaban J connectivity index is 1.31. The van der Waals surface area contributed by atoms with Crippen molar-refractivity contribution in [3.8, 4) is 46.0 Å². The van der Waals surface area contributed by atoms with Crippen molar-refractivity contribution in [3.05, 3.63) is 119 Å². The summed E-state index contributed by atoms with van der Waals surface area (Å²) in [5.41, 5.74) is -0.290. The van der Waals surface area contributed by atoms with Gasteiger partial charge in [0.1, 0.15) is 0 Å². The molecule has 18 heteroatoms. The lowest BCUT2D eigenvalue weighted by Crippen LogP contribution is -2.27. The predicted octanol–water partition coefficient (Wildman–Crippen LogP) is 5.40. The second kappa shape index (κ2) is 18.7. The van der Waals surface area contributed by atoms with Crippen molar-refractivity contribution in [2.75, 3.05) is 41.7 Å². The van der Waals surface area contributed by atoms with Gasteiger partial charge in [0, 0.05) is 35.1 Å². The Morgan fingerprint density at radius 3 is 1.23 bits per heavy atom. The van der Waals surface area contributed by atoms with E-state index in [2.05, 4.69) is 13.2 Å². The molecule has 2 aliphatic rings. The van der Waals surface area contributed by atoms with Gasteiger partial charge in [-0.2, -0.15) is 0 Å². The molecule has 2 fully saturated rings. The van der Waals surface area contributed by atoms with E-state index >= 15 is 0 Å². The molecule has 18 nitrogen and oxygen atoms in total. The highest BCUT2D eigenvalue weighted by atomic mass is 16.6. The van der Waals surface area contributed by atoms with Gasteiger partial charge in [-0.3, -0.25) is 0 Å². The maximum Gasteiger partial charge on any atom is 0.343 e. The van der Waals surface area contributed by atoms with E-state index in [9.17, 15) is 39.0 Å². The fourth-order valence-corrected chi connectivity index (χ4v) is 7.22. The molecule has 4 aromatic rings. The normalized spacial score (nSPS) is 17.4. The van der Waals surface area contributed by atoms with Crippen LogP contribution in [0.4, 0.5) is 0 Å². The number of esters is 4. The zero-order chi connectivity index (χ0) is 44.8. The summed E-state index contributed by atoms with van der Waals surface area (Å²) in [6, 6.07) is 12.8. The third-order valence-corrected chi connectivity index (χ3v) is 9.94. The third kappa shape index (κ3) is 8.63. The van der Waals surface area contributed by atoms with Crippen molar-refractivity contribution in [2.24, 2.45) is 0 Å². The number of fused-ring (bicyclic) bond motifs is 1. The van der Waals surface area contributed by atoms with Gasteiger partial charge in [0.05, 0.1) is 76.1 Å². The van der Waals surface area contributed by atoms with Gasteiger partial charge >= 0.3 is 35.8 Å². The lowest BCUT2D eigenvalue weighted by molar-refractivity contribution is -0.130. The van der Waals surface area contributed by atoms with Crippen LogP contribution in [0.3, 0.4) is 0 Å². The molecule has 0 aromatic heterocycles. The molecule has 2 aliphatic heterocycles. The van der Waals surface area contributed by atoms with Gasteiger partial charge in [-0.05, 0) is 60.7 Å². The minimum atomic E-state index is -1.34. The SMILES string of the molecule is C=CC(=O)Oc1ccc(C(=O)Oc2ccc(C(=O)O)c(C3COC4C(c5c(C(=O)O)ccc(OC(=O)c6ccc(OC(=O)C=C)c(OC)c6)c5OC)COC34)c2OC)cc1OC. The second-order valence-electron chi connectivity index (χ2n) is 13.3. The van der Waals surface area contributed by atoms with Crippen LogP contribution in [0.2, 0.25) is 0 Å². The number of aromatic carboxylic acids is 2. The molecule has 0 aliphatic carbocycles. The summed E-state index contributed by atoms with van der Waals surface area (Å²) in [5, 5.41) is 20.6. The maximum absolute atomic E-state index is 13.4. The van der Waals surface area contributed by atoms with E-state index in [-0.39, 0.29) is 92.6 Å². The highest BCUT2D eigenvalue weighted by molar-refractivity contribution is 5.96. The molecule has 2 N–H and O–H groups in total. The Kier molecular flexibility index (Phi) is 13.2. The number of carbonyl (C=O) groups excluding carboxylic acids is 4. The lowest BCUT2D eigenvalue weighted by Gasteiger charge is -2.23. The lowest BCUT2D eigenvalue weighted by atomic mass is 9.84. The summed E-state index contributed by atoms with van der Waals surface area (Å²) in [5.74, 6) is -8.06. The van der Waals surface area contributed by atoms with Crippen LogP contribution in [-0.4, -0.2) is 99.9 Å². The number of rotatable bonds is 16. The van der Waals surface area contributed by atoms with Gasteiger partial charge in [0.25, 0.3) is 0 Å². The summed E-state index contributed by atoms with van der Waals surface area (Å²) in [7, 11) is 5.13. The summed E-state index contributed by atoms with van der Waals surface area (Å²) in [4.78, 5) is 75.7. The average molecular weight is 855 g/mol. The van der Waals surface area contributed by atoms with Gasteiger partial charge in [-0.1, -0.05) is 13.2 Å². The Morgan fingerprint density at radius 2 is 0.903 bits per heavy atom. The summed E-state index contributed by atoms with van der Waals surface area (Å²) < 4.78 is 56.1. The predicted molar refractivity (Wildman–Crippen MR) is 212 cm³/mol. The van der Waals surface area contributed by atoms with E-state index in [0.717, 1.165) is 12.2 Å². The molecule has 0 bridgehead atoms. The molecule has 2 saturated heterocycles. The molecular weight excluding hydrogens is 816 g/mol. The summed E-state index contributed by atoms with van der Waals surface area (Å²) in [6.07, 6.45) is 0.120.